The van der Waals surface area contributed by atoms with Crippen LogP contribution in [-0.4, -0.2) is 25.1 Å². The van der Waals surface area contributed by atoms with Crippen LogP contribution in [0.3, 0.4) is 0 Å². The number of aromatic nitrogens is 1. The fraction of sp³-hybridized carbons (Fsp3) is 0.385. The van der Waals surface area contributed by atoms with Crippen molar-refractivity contribution >= 4 is 38.4 Å². The molecule has 0 aliphatic rings. The van der Waals surface area contributed by atoms with Crippen LogP contribution in [0, 0.1) is 13.8 Å². The molecule has 1 amide bonds. The van der Waals surface area contributed by atoms with Gasteiger partial charge in [-0.25, -0.2) is 13.4 Å². The van der Waals surface area contributed by atoms with Gasteiger partial charge in [-0.1, -0.05) is 6.92 Å². The Labute approximate surface area is 132 Å². The third kappa shape index (κ3) is 3.69. The quantitative estimate of drug-likeness (QED) is 0.904. The van der Waals surface area contributed by atoms with Crippen molar-refractivity contribution in [3.05, 3.63) is 32.6 Å². The first-order valence-electron chi connectivity index (χ1n) is 6.37. The molecule has 21 heavy (non-hydrogen) atoms. The molecule has 0 aliphatic carbocycles. The van der Waals surface area contributed by atoms with Crippen molar-refractivity contribution in [3.63, 3.8) is 0 Å². The first kappa shape index (κ1) is 16.1. The molecule has 2 rings (SSSR count). The first-order chi connectivity index (χ1) is 9.83. The van der Waals surface area contributed by atoms with E-state index >= 15 is 0 Å². The fourth-order valence-electron chi connectivity index (χ4n) is 1.75. The Morgan fingerprint density at radius 3 is 2.57 bits per heavy atom. The Hall–Kier alpha value is -1.25. The second-order valence-corrected chi connectivity index (χ2v) is 9.33. The highest BCUT2D eigenvalue weighted by Gasteiger charge is 2.16. The van der Waals surface area contributed by atoms with E-state index in [9.17, 15) is 13.2 Å². The Balaban J connectivity index is 2.04. The highest BCUT2D eigenvalue weighted by molar-refractivity contribution is 7.93. The molecule has 5 nitrogen and oxygen atoms in total. The summed E-state index contributed by atoms with van der Waals surface area (Å²) in [5.74, 6) is -0.0926. The summed E-state index contributed by atoms with van der Waals surface area (Å²) in [6.07, 6.45) is 0. The molecule has 2 aromatic heterocycles. The van der Waals surface area contributed by atoms with Gasteiger partial charge in [-0.2, -0.15) is 0 Å². The van der Waals surface area contributed by atoms with Gasteiger partial charge in [0, 0.05) is 4.88 Å². The molecule has 0 spiro atoms. The van der Waals surface area contributed by atoms with Crippen LogP contribution in [0.25, 0.3) is 0 Å². The van der Waals surface area contributed by atoms with E-state index in [2.05, 4.69) is 10.3 Å². The van der Waals surface area contributed by atoms with Gasteiger partial charge in [0.05, 0.1) is 23.0 Å². The predicted octanol–water partition coefficient (Wildman–Crippen LogP) is 2.55. The number of nitrogens with one attached hydrogen (secondary N) is 1. The predicted molar refractivity (Wildman–Crippen MR) is 84.8 cm³/mol. The van der Waals surface area contributed by atoms with Gasteiger partial charge < -0.3 is 5.32 Å². The van der Waals surface area contributed by atoms with Crippen LogP contribution in [0.5, 0.6) is 0 Å². The van der Waals surface area contributed by atoms with Crippen molar-refractivity contribution in [2.24, 2.45) is 0 Å². The fourth-order valence-corrected chi connectivity index (χ4v) is 5.01. The summed E-state index contributed by atoms with van der Waals surface area (Å²) in [5.41, 5.74) is 0.718. The molecule has 0 saturated heterocycles. The van der Waals surface area contributed by atoms with Gasteiger partial charge in [0.1, 0.15) is 9.09 Å². The van der Waals surface area contributed by atoms with Gasteiger partial charge in [-0.3, -0.25) is 4.79 Å². The largest absolute Gasteiger partial charge is 0.346 e. The Morgan fingerprint density at radius 2 is 2.00 bits per heavy atom. The molecular weight excluding hydrogens is 328 g/mol. The minimum Gasteiger partial charge on any atom is -0.346 e. The van der Waals surface area contributed by atoms with E-state index in [1.165, 1.54) is 22.7 Å². The number of carbonyl (C=O) groups is 1. The number of rotatable bonds is 5. The lowest BCUT2D eigenvalue weighted by Gasteiger charge is -2.01. The molecule has 2 aromatic rings. The molecule has 0 unspecified atom stereocenters. The molecule has 0 aromatic carbocycles. The van der Waals surface area contributed by atoms with Gasteiger partial charge in [0.15, 0.2) is 9.84 Å². The van der Waals surface area contributed by atoms with Crippen LogP contribution in [0.15, 0.2) is 16.3 Å². The summed E-state index contributed by atoms with van der Waals surface area (Å²) in [5, 5.41) is 3.65. The molecule has 0 fully saturated rings. The summed E-state index contributed by atoms with van der Waals surface area (Å²) in [4.78, 5) is 17.7. The minimum atomic E-state index is -3.17. The number of nitrogens with zero attached hydrogens (tertiary/aromatic N) is 1. The summed E-state index contributed by atoms with van der Waals surface area (Å²) in [6.45, 7) is 5.59. The zero-order valence-electron chi connectivity index (χ0n) is 12.0. The van der Waals surface area contributed by atoms with E-state index in [0.29, 0.717) is 15.6 Å². The van der Waals surface area contributed by atoms with Gasteiger partial charge >= 0.3 is 0 Å². The van der Waals surface area contributed by atoms with Crippen LogP contribution >= 0.6 is 22.7 Å². The Bertz CT molecular complexity index is 759. The molecule has 0 bridgehead atoms. The number of amides is 1. The third-order valence-electron chi connectivity index (χ3n) is 2.86. The Morgan fingerprint density at radius 1 is 1.29 bits per heavy atom. The molecule has 0 radical (unpaired) electrons. The SMILES string of the molecule is CCS(=O)(=O)c1ccc(CNC(=O)c2sc(C)nc2C)s1. The lowest BCUT2D eigenvalue weighted by atomic mass is 10.3. The molecule has 0 aliphatic heterocycles. The van der Waals surface area contributed by atoms with Gasteiger partial charge in [0.2, 0.25) is 0 Å². The van der Waals surface area contributed by atoms with E-state index in [1.54, 1.807) is 26.0 Å². The van der Waals surface area contributed by atoms with E-state index in [0.717, 1.165) is 15.6 Å². The zero-order valence-corrected chi connectivity index (χ0v) is 14.4. The van der Waals surface area contributed by atoms with Crippen molar-refractivity contribution < 1.29 is 13.2 Å². The van der Waals surface area contributed by atoms with E-state index in [-0.39, 0.29) is 11.7 Å². The zero-order chi connectivity index (χ0) is 15.6. The van der Waals surface area contributed by atoms with E-state index < -0.39 is 9.84 Å². The second-order valence-electron chi connectivity index (χ2n) is 4.45. The molecule has 1 N–H and O–H groups in total. The molecule has 0 atom stereocenters. The first-order valence-corrected chi connectivity index (χ1v) is 9.65. The smallest absolute Gasteiger partial charge is 0.263 e. The standard InChI is InChI=1S/C13H16N2O3S3/c1-4-21(17,18)11-6-5-10(20-11)7-14-13(16)12-8(2)15-9(3)19-12/h5-6H,4,7H2,1-3H3,(H,14,16). The highest BCUT2D eigenvalue weighted by Crippen LogP contribution is 2.23. The summed E-state index contributed by atoms with van der Waals surface area (Å²) >= 11 is 2.55. The monoisotopic (exact) mass is 344 g/mol. The van der Waals surface area contributed by atoms with Crippen LogP contribution < -0.4 is 5.32 Å². The summed E-state index contributed by atoms with van der Waals surface area (Å²) in [6, 6.07) is 3.32. The average Bonchev–Trinajstić information content (AvgIpc) is 3.03. The number of hydrogen-bond acceptors (Lipinski definition) is 6. The van der Waals surface area contributed by atoms with Crippen molar-refractivity contribution in [3.8, 4) is 0 Å². The molecule has 0 saturated carbocycles. The average molecular weight is 344 g/mol. The summed E-state index contributed by atoms with van der Waals surface area (Å²) < 4.78 is 23.8. The number of thiophene rings is 1. The lowest BCUT2D eigenvalue weighted by Crippen LogP contribution is -2.22. The van der Waals surface area contributed by atoms with Crippen molar-refractivity contribution in [2.45, 2.75) is 31.5 Å². The molecule has 8 heteroatoms. The number of hydrogen-bond donors (Lipinski definition) is 1. The van der Waals surface area contributed by atoms with E-state index in [1.807, 2.05) is 6.92 Å². The van der Waals surface area contributed by atoms with Crippen molar-refractivity contribution in [1.82, 2.24) is 10.3 Å². The minimum absolute atomic E-state index is 0.0820. The third-order valence-corrected chi connectivity index (χ3v) is 7.33. The highest BCUT2D eigenvalue weighted by atomic mass is 32.2. The van der Waals surface area contributed by atoms with Gasteiger partial charge in [-0.05, 0) is 26.0 Å². The number of sulfone groups is 1. The maximum Gasteiger partial charge on any atom is 0.263 e. The molecular formula is C13H16N2O3S3. The Kier molecular flexibility index (Phi) is 4.80. The van der Waals surface area contributed by atoms with Crippen LogP contribution in [0.4, 0.5) is 0 Å². The van der Waals surface area contributed by atoms with Crippen LogP contribution in [0.2, 0.25) is 0 Å². The second kappa shape index (κ2) is 6.25. The summed E-state index contributed by atoms with van der Waals surface area (Å²) in [7, 11) is -3.17. The van der Waals surface area contributed by atoms with E-state index in [4.69, 9.17) is 0 Å². The molecule has 114 valence electrons. The maximum atomic E-state index is 12.1. The van der Waals surface area contributed by atoms with Crippen molar-refractivity contribution in [2.75, 3.05) is 5.75 Å². The molecule has 2 heterocycles. The topological polar surface area (TPSA) is 76.1 Å². The maximum absolute atomic E-state index is 12.1. The normalized spacial score (nSPS) is 11.6. The number of aryl methyl sites for hydroxylation is 2. The van der Waals surface area contributed by atoms with Gasteiger partial charge in [0.25, 0.3) is 5.91 Å². The van der Waals surface area contributed by atoms with Gasteiger partial charge in [-0.15, -0.1) is 22.7 Å². The van der Waals surface area contributed by atoms with Crippen LogP contribution in [0.1, 0.15) is 32.2 Å². The van der Waals surface area contributed by atoms with Crippen LogP contribution in [-0.2, 0) is 16.4 Å². The van der Waals surface area contributed by atoms with Crippen molar-refractivity contribution in [1.29, 1.82) is 0 Å². The number of carbonyl (C=O) groups excluding carboxylic acids is 1. The number of thiazole rings is 1. The lowest BCUT2D eigenvalue weighted by molar-refractivity contribution is 0.0954.